The molecule has 0 radical (unpaired) electrons. The first kappa shape index (κ1) is 14.0. The topological polar surface area (TPSA) is 81.5 Å². The van der Waals surface area contributed by atoms with Crippen LogP contribution in [0.2, 0.25) is 0 Å². The largest absolute Gasteiger partial charge is 0.469 e. The van der Waals surface area contributed by atoms with Gasteiger partial charge in [0.25, 0.3) is 5.69 Å². The Morgan fingerprint density at radius 3 is 2.78 bits per heavy atom. The van der Waals surface area contributed by atoms with Gasteiger partial charge in [0, 0.05) is 12.1 Å². The standard InChI is InChI=1S/C12H16N2O4/c1-8-5-4-6-10(14(16)17)12(8)13-9(2)7-11(15)18-3/h4-6,9,13H,7H2,1-3H3. The zero-order valence-corrected chi connectivity index (χ0v) is 10.6. The van der Waals surface area contributed by atoms with Gasteiger partial charge in [0.1, 0.15) is 5.69 Å². The number of carbonyl (C=O) groups excluding carboxylic acids is 1. The van der Waals surface area contributed by atoms with E-state index in [2.05, 4.69) is 10.1 Å². The van der Waals surface area contributed by atoms with Crippen molar-refractivity contribution in [2.75, 3.05) is 12.4 Å². The first-order valence-corrected chi connectivity index (χ1v) is 5.53. The van der Waals surface area contributed by atoms with Gasteiger partial charge in [-0.25, -0.2) is 0 Å². The van der Waals surface area contributed by atoms with Crippen LogP contribution in [-0.4, -0.2) is 24.0 Å². The first-order valence-electron chi connectivity index (χ1n) is 5.53. The third kappa shape index (κ3) is 3.44. The van der Waals surface area contributed by atoms with Crippen molar-refractivity contribution >= 4 is 17.3 Å². The maximum atomic E-state index is 11.1. The molecule has 1 N–H and O–H groups in total. The van der Waals surface area contributed by atoms with E-state index in [1.807, 2.05) is 0 Å². The third-order valence-electron chi connectivity index (χ3n) is 2.54. The summed E-state index contributed by atoms with van der Waals surface area (Å²) in [5, 5.41) is 13.9. The molecule has 0 fully saturated rings. The summed E-state index contributed by atoms with van der Waals surface area (Å²) in [6.07, 6.45) is 0.155. The summed E-state index contributed by atoms with van der Waals surface area (Å²) in [4.78, 5) is 21.6. The molecule has 6 nitrogen and oxygen atoms in total. The molecule has 98 valence electrons. The Labute approximate surface area is 105 Å². The summed E-state index contributed by atoms with van der Waals surface area (Å²) in [6.45, 7) is 3.55. The number of carbonyl (C=O) groups is 1. The lowest BCUT2D eigenvalue weighted by molar-refractivity contribution is -0.384. The highest BCUT2D eigenvalue weighted by atomic mass is 16.6. The zero-order chi connectivity index (χ0) is 13.7. The van der Waals surface area contributed by atoms with E-state index in [9.17, 15) is 14.9 Å². The maximum Gasteiger partial charge on any atom is 0.307 e. The first-order chi connectivity index (χ1) is 8.45. The number of aryl methyl sites for hydroxylation is 1. The number of nitrogens with one attached hydrogen (secondary N) is 1. The Morgan fingerprint density at radius 2 is 2.22 bits per heavy atom. The van der Waals surface area contributed by atoms with Gasteiger partial charge in [-0.1, -0.05) is 12.1 Å². The predicted molar refractivity (Wildman–Crippen MR) is 67.6 cm³/mol. The van der Waals surface area contributed by atoms with Crippen molar-refractivity contribution < 1.29 is 14.5 Å². The number of nitrogens with zero attached hydrogens (tertiary/aromatic N) is 1. The third-order valence-corrected chi connectivity index (χ3v) is 2.54. The van der Waals surface area contributed by atoms with Crippen molar-refractivity contribution in [2.24, 2.45) is 0 Å². The summed E-state index contributed by atoms with van der Waals surface area (Å²) in [7, 11) is 1.31. The molecular formula is C12H16N2O4. The van der Waals surface area contributed by atoms with E-state index in [4.69, 9.17) is 0 Å². The fourth-order valence-electron chi connectivity index (χ4n) is 1.62. The van der Waals surface area contributed by atoms with Gasteiger partial charge in [-0.2, -0.15) is 0 Å². The predicted octanol–water partition coefficient (Wildman–Crippen LogP) is 2.27. The van der Waals surface area contributed by atoms with Gasteiger partial charge in [0.15, 0.2) is 0 Å². The van der Waals surface area contributed by atoms with Gasteiger partial charge in [-0.05, 0) is 19.4 Å². The molecular weight excluding hydrogens is 236 g/mol. The minimum absolute atomic E-state index is 0.00622. The molecule has 0 amide bonds. The Balaban J connectivity index is 2.89. The highest BCUT2D eigenvalue weighted by Crippen LogP contribution is 2.28. The normalized spacial score (nSPS) is 11.7. The fourth-order valence-corrected chi connectivity index (χ4v) is 1.62. The number of hydrogen-bond acceptors (Lipinski definition) is 5. The SMILES string of the molecule is COC(=O)CC(C)Nc1c(C)cccc1[N+](=O)[O-]. The molecule has 1 unspecified atom stereocenters. The van der Waals surface area contributed by atoms with Crippen molar-refractivity contribution in [1.82, 2.24) is 0 Å². The molecule has 18 heavy (non-hydrogen) atoms. The minimum atomic E-state index is -0.444. The molecule has 1 rings (SSSR count). The molecule has 0 saturated carbocycles. The highest BCUT2D eigenvalue weighted by molar-refractivity contribution is 5.72. The van der Waals surface area contributed by atoms with Crippen LogP contribution >= 0.6 is 0 Å². The zero-order valence-electron chi connectivity index (χ0n) is 10.6. The summed E-state index contributed by atoms with van der Waals surface area (Å²) < 4.78 is 4.55. The van der Waals surface area contributed by atoms with Gasteiger partial charge in [-0.15, -0.1) is 0 Å². The molecule has 0 aliphatic rings. The van der Waals surface area contributed by atoms with Crippen LogP contribution in [0.25, 0.3) is 0 Å². The van der Waals surface area contributed by atoms with Crippen LogP contribution < -0.4 is 5.32 Å². The van der Waals surface area contributed by atoms with Gasteiger partial charge >= 0.3 is 5.97 Å². The number of esters is 1. The lowest BCUT2D eigenvalue weighted by Gasteiger charge is -2.15. The minimum Gasteiger partial charge on any atom is -0.469 e. The quantitative estimate of drug-likeness (QED) is 0.494. The van der Waals surface area contributed by atoms with E-state index in [-0.39, 0.29) is 24.1 Å². The molecule has 1 atom stereocenters. The second-order valence-corrected chi connectivity index (χ2v) is 4.05. The van der Waals surface area contributed by atoms with Crippen LogP contribution in [0, 0.1) is 17.0 Å². The molecule has 0 saturated heterocycles. The highest BCUT2D eigenvalue weighted by Gasteiger charge is 2.18. The number of hydrogen-bond donors (Lipinski definition) is 1. The molecule has 1 aromatic carbocycles. The van der Waals surface area contributed by atoms with E-state index >= 15 is 0 Å². The van der Waals surface area contributed by atoms with Crippen LogP contribution in [-0.2, 0) is 9.53 Å². The monoisotopic (exact) mass is 252 g/mol. The van der Waals surface area contributed by atoms with Crippen LogP contribution in [0.5, 0.6) is 0 Å². The fraction of sp³-hybridized carbons (Fsp3) is 0.417. The van der Waals surface area contributed by atoms with Crippen LogP contribution in [0.1, 0.15) is 18.9 Å². The van der Waals surface area contributed by atoms with Crippen molar-refractivity contribution in [1.29, 1.82) is 0 Å². The Kier molecular flexibility index (Phi) is 4.65. The van der Waals surface area contributed by atoms with E-state index in [1.165, 1.54) is 13.2 Å². The summed E-state index contributed by atoms with van der Waals surface area (Å²) >= 11 is 0. The molecule has 0 heterocycles. The Morgan fingerprint density at radius 1 is 1.56 bits per heavy atom. The molecule has 0 bridgehead atoms. The number of para-hydroxylation sites is 1. The van der Waals surface area contributed by atoms with Crippen molar-refractivity contribution in [3.63, 3.8) is 0 Å². The molecule has 0 aliphatic heterocycles. The summed E-state index contributed by atoms with van der Waals surface area (Å²) in [5.74, 6) is -0.355. The van der Waals surface area contributed by atoms with Crippen LogP contribution in [0.4, 0.5) is 11.4 Å². The maximum absolute atomic E-state index is 11.1. The Bertz CT molecular complexity index is 459. The lowest BCUT2D eigenvalue weighted by atomic mass is 10.1. The second kappa shape index (κ2) is 6.00. The van der Waals surface area contributed by atoms with E-state index in [0.29, 0.717) is 5.69 Å². The molecule has 0 spiro atoms. The van der Waals surface area contributed by atoms with E-state index < -0.39 is 4.92 Å². The molecule has 0 aromatic heterocycles. The van der Waals surface area contributed by atoms with Crippen LogP contribution in [0.15, 0.2) is 18.2 Å². The average Bonchev–Trinajstić information content (AvgIpc) is 2.31. The molecule has 1 aromatic rings. The smallest absolute Gasteiger partial charge is 0.307 e. The van der Waals surface area contributed by atoms with E-state index in [1.54, 1.807) is 26.0 Å². The van der Waals surface area contributed by atoms with Crippen LogP contribution in [0.3, 0.4) is 0 Å². The van der Waals surface area contributed by atoms with Crippen molar-refractivity contribution in [3.05, 3.63) is 33.9 Å². The van der Waals surface area contributed by atoms with Crippen molar-refractivity contribution in [2.45, 2.75) is 26.3 Å². The number of ether oxygens (including phenoxy) is 1. The number of benzene rings is 1. The van der Waals surface area contributed by atoms with E-state index in [0.717, 1.165) is 5.56 Å². The Hall–Kier alpha value is -2.11. The molecule has 6 heteroatoms. The van der Waals surface area contributed by atoms with Gasteiger partial charge in [0.05, 0.1) is 18.5 Å². The molecule has 0 aliphatic carbocycles. The number of nitro groups is 1. The lowest BCUT2D eigenvalue weighted by Crippen LogP contribution is -2.21. The number of methoxy groups -OCH3 is 1. The summed E-state index contributed by atoms with van der Waals surface area (Å²) in [6, 6.07) is 4.60. The second-order valence-electron chi connectivity index (χ2n) is 4.05. The van der Waals surface area contributed by atoms with Gasteiger partial charge < -0.3 is 10.1 Å². The number of anilines is 1. The number of nitro benzene ring substituents is 1. The van der Waals surface area contributed by atoms with Gasteiger partial charge in [-0.3, -0.25) is 14.9 Å². The summed E-state index contributed by atoms with van der Waals surface area (Å²) in [5.41, 5.74) is 1.21. The van der Waals surface area contributed by atoms with Gasteiger partial charge in [0.2, 0.25) is 0 Å². The van der Waals surface area contributed by atoms with Crippen molar-refractivity contribution in [3.8, 4) is 0 Å². The number of rotatable bonds is 5. The average molecular weight is 252 g/mol.